The van der Waals surface area contributed by atoms with Crippen molar-refractivity contribution in [1.29, 1.82) is 0 Å². The molecule has 2 aliphatic heterocycles. The molecule has 8 heteroatoms. The van der Waals surface area contributed by atoms with Crippen LogP contribution >= 0.6 is 0 Å². The molecule has 0 bridgehead atoms. The molecule has 0 amide bonds. The van der Waals surface area contributed by atoms with Crippen LogP contribution in [-0.2, 0) is 17.2 Å². The zero-order chi connectivity index (χ0) is 21.1. The molecule has 8 nitrogen and oxygen atoms in total. The molecular weight excluding hydrogens is 382 g/mol. The van der Waals surface area contributed by atoms with Gasteiger partial charge < -0.3 is 24.4 Å². The molecule has 0 spiro atoms. The van der Waals surface area contributed by atoms with Gasteiger partial charge in [-0.3, -0.25) is 9.67 Å². The van der Waals surface area contributed by atoms with Gasteiger partial charge in [-0.05, 0) is 24.6 Å². The monoisotopic (exact) mass is 413 g/mol. The summed E-state index contributed by atoms with van der Waals surface area (Å²) < 4.78 is 18.8. The van der Waals surface area contributed by atoms with Gasteiger partial charge in [0, 0.05) is 37.3 Å². The third kappa shape index (κ3) is 4.38. The molecule has 30 heavy (non-hydrogen) atoms. The number of fused-ring (bicyclic) bond motifs is 1. The van der Waals surface area contributed by atoms with Crippen LogP contribution < -0.4 is 14.8 Å². The number of nitrogens with one attached hydrogen (secondary N) is 1. The summed E-state index contributed by atoms with van der Waals surface area (Å²) in [6.07, 6.45) is 3.89. The van der Waals surface area contributed by atoms with E-state index < -0.39 is 0 Å². The standard InChI is InChI=1S/C22H31N5O3/c1-5-23-21(27-8-9-28-20(13-27)16-11-25-26(4)12-16)24-14-22(2,3)17-6-7-18-19(10-17)30-15-29-18/h6-7,10-12,20H,5,8-9,13-15H2,1-4H3,(H,23,24). The molecule has 3 heterocycles. The molecule has 4 rings (SSSR count). The maximum Gasteiger partial charge on any atom is 0.231 e. The van der Waals surface area contributed by atoms with Gasteiger partial charge in [0.2, 0.25) is 6.79 Å². The Morgan fingerprint density at radius 3 is 2.90 bits per heavy atom. The van der Waals surface area contributed by atoms with Crippen LogP contribution in [-0.4, -0.2) is 60.2 Å². The van der Waals surface area contributed by atoms with Crippen molar-refractivity contribution in [3.05, 3.63) is 41.7 Å². The fourth-order valence-electron chi connectivity index (χ4n) is 3.76. The Morgan fingerprint density at radius 1 is 1.30 bits per heavy atom. The molecule has 0 radical (unpaired) electrons. The highest BCUT2D eigenvalue weighted by molar-refractivity contribution is 5.80. The molecule has 162 valence electrons. The summed E-state index contributed by atoms with van der Waals surface area (Å²) in [6.45, 7) is 10.5. The van der Waals surface area contributed by atoms with Gasteiger partial charge in [-0.25, -0.2) is 0 Å². The predicted molar refractivity (Wildman–Crippen MR) is 115 cm³/mol. The number of aliphatic imine (C=N–C) groups is 1. The Labute approximate surface area is 177 Å². The second-order valence-electron chi connectivity index (χ2n) is 8.37. The first-order valence-corrected chi connectivity index (χ1v) is 10.5. The minimum Gasteiger partial charge on any atom is -0.454 e. The fraction of sp³-hybridized carbons (Fsp3) is 0.545. The Balaban J connectivity index is 1.48. The third-order valence-electron chi connectivity index (χ3n) is 5.58. The Bertz CT molecular complexity index is 908. The van der Waals surface area contributed by atoms with Gasteiger partial charge >= 0.3 is 0 Å². The fourth-order valence-corrected chi connectivity index (χ4v) is 3.76. The van der Waals surface area contributed by atoms with Gasteiger partial charge in [-0.15, -0.1) is 0 Å². The highest BCUT2D eigenvalue weighted by Crippen LogP contribution is 2.36. The second-order valence-corrected chi connectivity index (χ2v) is 8.37. The highest BCUT2D eigenvalue weighted by atomic mass is 16.7. The van der Waals surface area contributed by atoms with Crippen LogP contribution in [0.15, 0.2) is 35.6 Å². The molecule has 1 atom stereocenters. The lowest BCUT2D eigenvalue weighted by Gasteiger charge is -2.35. The molecule has 0 saturated carbocycles. The Morgan fingerprint density at radius 2 is 2.13 bits per heavy atom. The van der Waals surface area contributed by atoms with Crippen molar-refractivity contribution in [3.63, 3.8) is 0 Å². The van der Waals surface area contributed by atoms with Crippen molar-refractivity contribution in [2.24, 2.45) is 12.0 Å². The normalized spacial score (nSPS) is 19.3. The van der Waals surface area contributed by atoms with Gasteiger partial charge in [0.05, 0.1) is 25.9 Å². The number of aromatic nitrogens is 2. The van der Waals surface area contributed by atoms with E-state index in [1.165, 1.54) is 5.56 Å². The number of hydrogen-bond donors (Lipinski definition) is 1. The average Bonchev–Trinajstić information content (AvgIpc) is 3.39. The molecule has 0 aliphatic carbocycles. The van der Waals surface area contributed by atoms with Crippen molar-refractivity contribution in [2.45, 2.75) is 32.3 Å². The van der Waals surface area contributed by atoms with Gasteiger partial charge in [0.15, 0.2) is 17.5 Å². The van der Waals surface area contributed by atoms with Crippen LogP contribution in [0.4, 0.5) is 0 Å². The Kier molecular flexibility index (Phi) is 5.85. The molecule has 1 fully saturated rings. The molecule has 1 unspecified atom stereocenters. The minimum absolute atomic E-state index is 0.00169. The van der Waals surface area contributed by atoms with E-state index in [9.17, 15) is 0 Å². The van der Waals surface area contributed by atoms with Crippen LogP contribution in [0.25, 0.3) is 0 Å². The van der Waals surface area contributed by atoms with Gasteiger partial charge in [-0.2, -0.15) is 5.10 Å². The molecule has 1 aromatic heterocycles. The summed E-state index contributed by atoms with van der Waals surface area (Å²) in [6, 6.07) is 6.15. The maximum absolute atomic E-state index is 5.99. The highest BCUT2D eigenvalue weighted by Gasteiger charge is 2.27. The first-order valence-electron chi connectivity index (χ1n) is 10.5. The Hall–Kier alpha value is -2.74. The van der Waals surface area contributed by atoms with Crippen molar-refractivity contribution in [3.8, 4) is 11.5 Å². The van der Waals surface area contributed by atoms with E-state index in [1.807, 2.05) is 30.2 Å². The number of guanidine groups is 1. The first-order chi connectivity index (χ1) is 14.5. The molecule has 1 saturated heterocycles. The van der Waals surface area contributed by atoms with Gasteiger partial charge in [-0.1, -0.05) is 19.9 Å². The maximum atomic E-state index is 5.99. The molecule has 1 N–H and O–H groups in total. The second kappa shape index (κ2) is 8.55. The number of benzene rings is 1. The van der Waals surface area contributed by atoms with E-state index >= 15 is 0 Å². The zero-order valence-electron chi connectivity index (χ0n) is 18.2. The van der Waals surface area contributed by atoms with Crippen LogP contribution in [0.3, 0.4) is 0 Å². The van der Waals surface area contributed by atoms with E-state index in [0.29, 0.717) is 13.2 Å². The number of hydrogen-bond acceptors (Lipinski definition) is 5. The largest absolute Gasteiger partial charge is 0.454 e. The lowest BCUT2D eigenvalue weighted by Crippen LogP contribution is -2.48. The van der Waals surface area contributed by atoms with Crippen molar-refractivity contribution in [1.82, 2.24) is 20.0 Å². The quantitative estimate of drug-likeness (QED) is 0.600. The van der Waals surface area contributed by atoms with Crippen LogP contribution in [0.2, 0.25) is 0 Å². The predicted octanol–water partition coefficient (Wildman–Crippen LogP) is 2.47. The first kappa shape index (κ1) is 20.5. The molecule has 2 aliphatic rings. The number of aryl methyl sites for hydroxylation is 1. The number of ether oxygens (including phenoxy) is 3. The van der Waals surface area contributed by atoms with Crippen LogP contribution in [0.1, 0.15) is 38.0 Å². The summed E-state index contributed by atoms with van der Waals surface area (Å²) in [4.78, 5) is 7.27. The van der Waals surface area contributed by atoms with E-state index in [4.69, 9.17) is 19.2 Å². The third-order valence-corrected chi connectivity index (χ3v) is 5.58. The molecule has 2 aromatic rings. The van der Waals surface area contributed by atoms with Gasteiger partial charge in [0.25, 0.3) is 0 Å². The van der Waals surface area contributed by atoms with Crippen molar-refractivity contribution >= 4 is 5.96 Å². The van der Waals surface area contributed by atoms with Crippen LogP contribution in [0.5, 0.6) is 11.5 Å². The summed E-state index contributed by atoms with van der Waals surface area (Å²) in [7, 11) is 1.92. The number of nitrogens with zero attached hydrogens (tertiary/aromatic N) is 4. The SMILES string of the molecule is CCNC(=NCC(C)(C)c1ccc2c(c1)OCO2)N1CCOC(c2cnn(C)c2)C1. The van der Waals surface area contributed by atoms with Crippen molar-refractivity contribution in [2.75, 3.05) is 39.6 Å². The minimum atomic E-state index is -0.142. The van der Waals surface area contributed by atoms with E-state index in [0.717, 1.165) is 42.7 Å². The number of morpholine rings is 1. The zero-order valence-corrected chi connectivity index (χ0v) is 18.2. The van der Waals surface area contributed by atoms with Gasteiger partial charge in [0.1, 0.15) is 6.10 Å². The summed E-state index contributed by atoms with van der Waals surface area (Å²) in [5.74, 6) is 2.54. The lowest BCUT2D eigenvalue weighted by atomic mass is 9.84. The van der Waals surface area contributed by atoms with E-state index in [-0.39, 0.29) is 18.3 Å². The topological polar surface area (TPSA) is 73.1 Å². The molecule has 1 aromatic carbocycles. The van der Waals surface area contributed by atoms with Crippen LogP contribution in [0, 0.1) is 0 Å². The summed E-state index contributed by atoms with van der Waals surface area (Å²) >= 11 is 0. The lowest BCUT2D eigenvalue weighted by molar-refractivity contribution is -0.00806. The molecular formula is C22H31N5O3. The summed E-state index contributed by atoms with van der Waals surface area (Å²) in [5, 5.41) is 7.73. The number of rotatable bonds is 5. The smallest absolute Gasteiger partial charge is 0.231 e. The average molecular weight is 414 g/mol. The van der Waals surface area contributed by atoms with Crippen molar-refractivity contribution < 1.29 is 14.2 Å². The van der Waals surface area contributed by atoms with E-state index in [2.05, 4.69) is 48.2 Å². The summed E-state index contributed by atoms with van der Waals surface area (Å²) in [5.41, 5.74) is 2.14. The van der Waals surface area contributed by atoms with E-state index in [1.54, 1.807) is 0 Å².